The Morgan fingerprint density at radius 2 is 1.73 bits per heavy atom. The summed E-state index contributed by atoms with van der Waals surface area (Å²) in [6.45, 7) is 4.11. The molecule has 0 aliphatic carbocycles. The molecule has 0 saturated heterocycles. The second kappa shape index (κ2) is 10.6. The van der Waals surface area contributed by atoms with Crippen molar-refractivity contribution < 1.29 is 26.9 Å². The smallest absolute Gasteiger partial charge is 0.339 e. The van der Waals surface area contributed by atoms with Gasteiger partial charge < -0.3 is 13.7 Å². The molecule has 0 fully saturated rings. The molecule has 0 aromatic heterocycles. The molecule has 0 aliphatic rings. The summed E-state index contributed by atoms with van der Waals surface area (Å²) in [4.78, 5) is 12.5. The third-order valence-corrected chi connectivity index (χ3v) is 5.77. The highest BCUT2D eigenvalue weighted by Gasteiger charge is 2.18. The molecule has 0 heterocycles. The zero-order valence-corrected chi connectivity index (χ0v) is 19.3. The number of hydrazone groups is 1. The summed E-state index contributed by atoms with van der Waals surface area (Å²) in [5.41, 5.74) is 4.04. The molecule has 0 radical (unpaired) electrons. The van der Waals surface area contributed by atoms with Crippen LogP contribution in [0.5, 0.6) is 17.2 Å². The zero-order valence-electron chi connectivity index (χ0n) is 18.4. The van der Waals surface area contributed by atoms with Crippen LogP contribution in [0.3, 0.4) is 0 Å². The maximum absolute atomic E-state index is 12.6. The highest BCUT2D eigenvalue weighted by Crippen LogP contribution is 2.28. The van der Waals surface area contributed by atoms with E-state index < -0.39 is 16.0 Å². The van der Waals surface area contributed by atoms with E-state index in [4.69, 9.17) is 13.7 Å². The fourth-order valence-corrected chi connectivity index (χ4v) is 3.80. The summed E-state index contributed by atoms with van der Waals surface area (Å²) in [6.07, 6.45) is 1.31. The average Bonchev–Trinajstić information content (AvgIpc) is 2.80. The maximum Gasteiger partial charge on any atom is 0.339 e. The summed E-state index contributed by atoms with van der Waals surface area (Å²) in [5.74, 6) is 0.564. The maximum atomic E-state index is 12.6. The normalized spacial score (nSPS) is 11.2. The Hall–Kier alpha value is -3.85. The number of nitrogens with zero attached hydrogens (tertiary/aromatic N) is 1. The van der Waals surface area contributed by atoms with E-state index in [1.165, 1.54) is 31.5 Å². The van der Waals surface area contributed by atoms with Gasteiger partial charge in [-0.1, -0.05) is 29.8 Å². The minimum atomic E-state index is -4.03. The number of hydrogen-bond donors (Lipinski definition) is 1. The first-order valence-corrected chi connectivity index (χ1v) is 11.5. The quantitative estimate of drug-likeness (QED) is 0.290. The fraction of sp³-hybridized carbons (Fsp3) is 0.167. The van der Waals surface area contributed by atoms with Gasteiger partial charge in [0.2, 0.25) is 0 Å². The van der Waals surface area contributed by atoms with Crippen molar-refractivity contribution in [3.8, 4) is 17.2 Å². The number of rotatable bonds is 9. The van der Waals surface area contributed by atoms with Crippen LogP contribution in [0, 0.1) is 6.92 Å². The summed E-state index contributed by atoms with van der Waals surface area (Å²) >= 11 is 0. The Bertz CT molecular complexity index is 1250. The molecule has 0 bridgehead atoms. The Labute approximate surface area is 192 Å². The molecule has 0 spiro atoms. The van der Waals surface area contributed by atoms with Gasteiger partial charge in [0.25, 0.3) is 5.91 Å². The number of ether oxygens (including phenoxy) is 2. The Morgan fingerprint density at radius 3 is 2.42 bits per heavy atom. The number of carbonyl (C=O) groups excluding carboxylic acids is 1. The van der Waals surface area contributed by atoms with E-state index in [-0.39, 0.29) is 10.6 Å². The predicted molar refractivity (Wildman–Crippen MR) is 125 cm³/mol. The molecule has 33 heavy (non-hydrogen) atoms. The van der Waals surface area contributed by atoms with Gasteiger partial charge >= 0.3 is 10.1 Å². The van der Waals surface area contributed by atoms with Crippen molar-refractivity contribution in [2.24, 2.45) is 5.10 Å². The van der Waals surface area contributed by atoms with Crippen molar-refractivity contribution >= 4 is 22.2 Å². The lowest BCUT2D eigenvalue weighted by molar-refractivity contribution is 0.0954. The lowest BCUT2D eigenvalue weighted by Gasteiger charge is -2.10. The lowest BCUT2D eigenvalue weighted by atomic mass is 10.2. The number of benzene rings is 3. The minimum Gasteiger partial charge on any atom is -0.493 e. The van der Waals surface area contributed by atoms with E-state index >= 15 is 0 Å². The van der Waals surface area contributed by atoms with Gasteiger partial charge in [-0.2, -0.15) is 13.5 Å². The van der Waals surface area contributed by atoms with Gasteiger partial charge in [-0.25, -0.2) is 5.43 Å². The van der Waals surface area contributed by atoms with E-state index in [9.17, 15) is 13.2 Å². The Balaban J connectivity index is 1.74. The van der Waals surface area contributed by atoms with Gasteiger partial charge in [0.05, 0.1) is 19.9 Å². The SMILES string of the molecule is CCOc1cc(C(=O)N/N=C/c2ccccc2OS(=O)(=O)c2ccc(C)cc2)ccc1OC. The van der Waals surface area contributed by atoms with E-state index in [2.05, 4.69) is 10.5 Å². The Morgan fingerprint density at radius 1 is 1.00 bits per heavy atom. The van der Waals surface area contributed by atoms with Crippen molar-refractivity contribution in [1.82, 2.24) is 5.43 Å². The molecule has 8 nitrogen and oxygen atoms in total. The highest BCUT2D eigenvalue weighted by atomic mass is 32.2. The lowest BCUT2D eigenvalue weighted by Crippen LogP contribution is -2.18. The first-order chi connectivity index (χ1) is 15.8. The molecule has 0 atom stereocenters. The van der Waals surface area contributed by atoms with Gasteiger partial charge in [0.1, 0.15) is 4.90 Å². The van der Waals surface area contributed by atoms with Gasteiger partial charge in [-0.05, 0) is 56.3 Å². The van der Waals surface area contributed by atoms with E-state index in [1.54, 1.807) is 48.5 Å². The average molecular weight is 469 g/mol. The highest BCUT2D eigenvalue weighted by molar-refractivity contribution is 7.87. The number of amides is 1. The van der Waals surface area contributed by atoms with E-state index in [0.29, 0.717) is 29.2 Å². The fourth-order valence-electron chi connectivity index (χ4n) is 2.85. The van der Waals surface area contributed by atoms with Crippen molar-refractivity contribution in [2.45, 2.75) is 18.7 Å². The zero-order chi connectivity index (χ0) is 23.8. The summed E-state index contributed by atoms with van der Waals surface area (Å²) in [6, 6.07) is 17.6. The third kappa shape index (κ3) is 6.11. The van der Waals surface area contributed by atoms with Crippen molar-refractivity contribution in [3.63, 3.8) is 0 Å². The predicted octanol–water partition coefficient (Wildman–Crippen LogP) is 3.93. The van der Waals surface area contributed by atoms with Crippen molar-refractivity contribution in [3.05, 3.63) is 83.4 Å². The molecule has 0 saturated carbocycles. The largest absolute Gasteiger partial charge is 0.493 e. The molecule has 172 valence electrons. The monoisotopic (exact) mass is 468 g/mol. The van der Waals surface area contributed by atoms with Crippen LogP contribution in [0.15, 0.2) is 76.7 Å². The molecular formula is C24H24N2O6S. The van der Waals surface area contributed by atoms with E-state index in [1.807, 2.05) is 13.8 Å². The van der Waals surface area contributed by atoms with Crippen LogP contribution >= 0.6 is 0 Å². The first kappa shape index (κ1) is 23.8. The molecule has 3 aromatic carbocycles. The van der Waals surface area contributed by atoms with Crippen LogP contribution in [0.1, 0.15) is 28.4 Å². The summed E-state index contributed by atoms with van der Waals surface area (Å²) in [7, 11) is -2.51. The van der Waals surface area contributed by atoms with Crippen LogP contribution in [0.25, 0.3) is 0 Å². The first-order valence-electron chi connectivity index (χ1n) is 10.1. The van der Waals surface area contributed by atoms with Crippen molar-refractivity contribution in [1.29, 1.82) is 0 Å². The number of methoxy groups -OCH3 is 1. The molecular weight excluding hydrogens is 444 g/mol. The number of hydrogen-bond acceptors (Lipinski definition) is 7. The minimum absolute atomic E-state index is 0.0396. The standard InChI is InChI=1S/C24H24N2O6S/c1-4-31-23-15-18(11-14-22(23)30-3)24(27)26-25-16-19-7-5-6-8-21(19)32-33(28,29)20-12-9-17(2)10-13-20/h5-16H,4H2,1-3H3,(H,26,27)/b25-16+. The van der Waals surface area contributed by atoms with Crippen LogP contribution in [0.4, 0.5) is 0 Å². The molecule has 0 aliphatic heterocycles. The second-order valence-electron chi connectivity index (χ2n) is 6.89. The topological polar surface area (TPSA) is 103 Å². The molecule has 3 aromatic rings. The number of aryl methyl sites for hydroxylation is 1. The van der Waals surface area contributed by atoms with Crippen LogP contribution in [-0.4, -0.2) is 34.3 Å². The second-order valence-corrected chi connectivity index (χ2v) is 8.43. The summed E-state index contributed by atoms with van der Waals surface area (Å²) < 4.78 is 41.2. The molecule has 1 amide bonds. The number of carbonyl (C=O) groups is 1. The Kier molecular flexibility index (Phi) is 7.68. The van der Waals surface area contributed by atoms with Crippen LogP contribution in [-0.2, 0) is 10.1 Å². The molecule has 1 N–H and O–H groups in total. The van der Waals surface area contributed by atoms with Crippen LogP contribution in [0.2, 0.25) is 0 Å². The van der Waals surface area contributed by atoms with Crippen LogP contribution < -0.4 is 19.1 Å². The van der Waals surface area contributed by atoms with Crippen molar-refractivity contribution in [2.75, 3.05) is 13.7 Å². The van der Waals surface area contributed by atoms with Gasteiger partial charge in [0.15, 0.2) is 17.2 Å². The molecule has 0 unspecified atom stereocenters. The number of para-hydroxylation sites is 1. The van der Waals surface area contributed by atoms with Gasteiger partial charge in [-0.15, -0.1) is 0 Å². The molecule has 3 rings (SSSR count). The number of nitrogens with one attached hydrogen (secondary N) is 1. The van der Waals surface area contributed by atoms with E-state index in [0.717, 1.165) is 5.56 Å². The third-order valence-electron chi connectivity index (χ3n) is 4.52. The summed E-state index contributed by atoms with van der Waals surface area (Å²) in [5, 5.41) is 3.94. The molecule has 9 heteroatoms. The van der Waals surface area contributed by atoms with Gasteiger partial charge in [-0.3, -0.25) is 4.79 Å². The van der Waals surface area contributed by atoms with Gasteiger partial charge in [0, 0.05) is 11.1 Å².